The molecule has 22 heavy (non-hydrogen) atoms. The number of hydrogen-bond acceptors (Lipinski definition) is 3. The van der Waals surface area contributed by atoms with Gasteiger partial charge < -0.3 is 5.32 Å². The third-order valence-corrected chi connectivity index (χ3v) is 3.32. The topological polar surface area (TPSA) is 64.7 Å². The number of nitrogens with one attached hydrogen (secondary N) is 1. The summed E-state index contributed by atoms with van der Waals surface area (Å²) >= 11 is 0. The third-order valence-electron chi connectivity index (χ3n) is 3.32. The van der Waals surface area contributed by atoms with Crippen LogP contribution in [0.1, 0.15) is 23.0 Å². The van der Waals surface area contributed by atoms with Gasteiger partial charge in [0.2, 0.25) is 0 Å². The van der Waals surface area contributed by atoms with Crippen LogP contribution >= 0.6 is 0 Å². The first-order chi connectivity index (χ1) is 10.8. The molecule has 6 heteroatoms. The Labute approximate surface area is 128 Å². The summed E-state index contributed by atoms with van der Waals surface area (Å²) in [5.41, 5.74) is 1.69. The van der Waals surface area contributed by atoms with Gasteiger partial charge in [-0.2, -0.15) is 10.2 Å². The van der Waals surface area contributed by atoms with E-state index < -0.39 is 0 Å². The Hall–Kier alpha value is -2.89. The lowest BCUT2D eigenvalue weighted by Gasteiger charge is -2.04. The predicted octanol–water partition coefficient (Wildman–Crippen LogP) is 2.40. The number of carbonyl (C=O) groups is 1. The highest BCUT2D eigenvalue weighted by atomic mass is 16.2. The van der Waals surface area contributed by atoms with E-state index in [9.17, 15) is 4.79 Å². The number of hydrogen-bond donors (Lipinski definition) is 1. The van der Waals surface area contributed by atoms with Crippen molar-refractivity contribution in [3.8, 4) is 0 Å². The summed E-state index contributed by atoms with van der Waals surface area (Å²) in [4.78, 5) is 12.2. The maximum atomic E-state index is 12.2. The number of amides is 1. The van der Waals surface area contributed by atoms with Crippen LogP contribution in [0, 0.1) is 0 Å². The molecule has 0 bridgehead atoms. The number of carbonyl (C=O) groups excluding carboxylic acids is 1. The lowest BCUT2D eigenvalue weighted by molar-refractivity contribution is 0.101. The molecule has 0 aliphatic carbocycles. The summed E-state index contributed by atoms with van der Waals surface area (Å²) in [7, 11) is 0. The van der Waals surface area contributed by atoms with Gasteiger partial charge in [-0.3, -0.25) is 14.2 Å². The van der Waals surface area contributed by atoms with E-state index in [2.05, 4.69) is 15.5 Å². The average molecular weight is 295 g/mol. The van der Waals surface area contributed by atoms with Crippen LogP contribution in [-0.2, 0) is 13.1 Å². The minimum absolute atomic E-state index is 0.204. The maximum Gasteiger partial charge on any atom is 0.275 e. The summed E-state index contributed by atoms with van der Waals surface area (Å²) in [5, 5.41) is 11.2. The molecule has 3 rings (SSSR count). The molecular weight excluding hydrogens is 278 g/mol. The standard InChI is InChI=1S/C16H17N5O/c1-2-21-14(8-10-17-21)16(22)18-15-9-11-20(19-15)12-13-6-4-3-5-7-13/h3-11H,2,12H2,1H3,(H,18,19,22). The van der Waals surface area contributed by atoms with Crippen molar-refractivity contribution >= 4 is 11.7 Å². The Morgan fingerprint density at radius 3 is 2.77 bits per heavy atom. The van der Waals surface area contributed by atoms with Crippen molar-refractivity contribution in [3.63, 3.8) is 0 Å². The van der Waals surface area contributed by atoms with Gasteiger partial charge in [-0.25, -0.2) is 0 Å². The van der Waals surface area contributed by atoms with Crippen LogP contribution < -0.4 is 5.32 Å². The lowest BCUT2D eigenvalue weighted by atomic mass is 10.2. The van der Waals surface area contributed by atoms with Crippen LogP contribution in [0.2, 0.25) is 0 Å². The van der Waals surface area contributed by atoms with Crippen molar-refractivity contribution in [2.24, 2.45) is 0 Å². The highest BCUT2D eigenvalue weighted by molar-refractivity contribution is 6.02. The molecule has 3 aromatic rings. The summed E-state index contributed by atoms with van der Waals surface area (Å²) < 4.78 is 3.44. The van der Waals surface area contributed by atoms with Crippen LogP contribution in [0.25, 0.3) is 0 Å². The second-order valence-electron chi connectivity index (χ2n) is 4.87. The van der Waals surface area contributed by atoms with Crippen molar-refractivity contribution in [2.45, 2.75) is 20.0 Å². The molecule has 1 N–H and O–H groups in total. The normalized spacial score (nSPS) is 10.6. The molecule has 0 aliphatic rings. The van der Waals surface area contributed by atoms with Crippen LogP contribution in [0.4, 0.5) is 5.82 Å². The number of nitrogens with zero attached hydrogens (tertiary/aromatic N) is 4. The Balaban J connectivity index is 1.68. The fraction of sp³-hybridized carbons (Fsp3) is 0.188. The maximum absolute atomic E-state index is 12.2. The second kappa shape index (κ2) is 6.26. The number of rotatable bonds is 5. The van der Waals surface area contributed by atoms with Crippen LogP contribution in [0.3, 0.4) is 0 Å². The van der Waals surface area contributed by atoms with Gasteiger partial charge in [0.1, 0.15) is 5.69 Å². The quantitative estimate of drug-likeness (QED) is 0.786. The van der Waals surface area contributed by atoms with Crippen molar-refractivity contribution in [2.75, 3.05) is 5.32 Å². The first-order valence-electron chi connectivity index (χ1n) is 7.17. The molecule has 0 saturated heterocycles. The van der Waals surface area contributed by atoms with E-state index in [0.717, 1.165) is 5.56 Å². The molecule has 0 radical (unpaired) electrons. The predicted molar refractivity (Wildman–Crippen MR) is 83.6 cm³/mol. The Bertz CT molecular complexity index is 760. The van der Waals surface area contributed by atoms with Crippen LogP contribution in [-0.4, -0.2) is 25.5 Å². The van der Waals surface area contributed by atoms with Crippen LogP contribution in [0.15, 0.2) is 54.9 Å². The number of anilines is 1. The zero-order chi connectivity index (χ0) is 15.4. The Morgan fingerprint density at radius 1 is 1.18 bits per heavy atom. The molecule has 1 aromatic carbocycles. The first kappa shape index (κ1) is 14.1. The molecule has 0 fully saturated rings. The number of aromatic nitrogens is 4. The van der Waals surface area contributed by atoms with E-state index in [1.807, 2.05) is 43.5 Å². The first-order valence-corrected chi connectivity index (χ1v) is 7.17. The highest BCUT2D eigenvalue weighted by Crippen LogP contribution is 2.08. The molecule has 0 aliphatic heterocycles. The molecule has 2 aromatic heterocycles. The van der Waals surface area contributed by atoms with Crippen molar-refractivity contribution in [1.29, 1.82) is 0 Å². The highest BCUT2D eigenvalue weighted by Gasteiger charge is 2.12. The van der Waals surface area contributed by atoms with Gasteiger partial charge in [-0.05, 0) is 18.6 Å². The monoisotopic (exact) mass is 295 g/mol. The molecule has 0 saturated carbocycles. The molecule has 0 unspecified atom stereocenters. The van der Waals surface area contributed by atoms with Gasteiger partial charge in [0.25, 0.3) is 5.91 Å². The van der Waals surface area contributed by atoms with E-state index in [0.29, 0.717) is 24.6 Å². The molecule has 0 spiro atoms. The molecule has 2 heterocycles. The number of benzene rings is 1. The van der Waals surface area contributed by atoms with E-state index >= 15 is 0 Å². The van der Waals surface area contributed by atoms with E-state index in [1.54, 1.807) is 27.7 Å². The Kier molecular flexibility index (Phi) is 4.00. The minimum atomic E-state index is -0.204. The van der Waals surface area contributed by atoms with Crippen LogP contribution in [0.5, 0.6) is 0 Å². The van der Waals surface area contributed by atoms with E-state index in [-0.39, 0.29) is 5.91 Å². The van der Waals surface area contributed by atoms with Gasteiger partial charge in [0.15, 0.2) is 5.82 Å². The van der Waals surface area contributed by atoms with Crippen molar-refractivity contribution in [1.82, 2.24) is 19.6 Å². The molecule has 6 nitrogen and oxygen atoms in total. The fourth-order valence-electron chi connectivity index (χ4n) is 2.24. The second-order valence-corrected chi connectivity index (χ2v) is 4.87. The Morgan fingerprint density at radius 2 is 2.00 bits per heavy atom. The van der Waals surface area contributed by atoms with Crippen molar-refractivity contribution in [3.05, 3.63) is 66.1 Å². The van der Waals surface area contributed by atoms with Gasteiger partial charge in [0.05, 0.1) is 6.54 Å². The van der Waals surface area contributed by atoms with Gasteiger partial charge in [0, 0.05) is 25.0 Å². The smallest absolute Gasteiger partial charge is 0.275 e. The summed E-state index contributed by atoms with van der Waals surface area (Å²) in [5.74, 6) is 0.328. The van der Waals surface area contributed by atoms with Gasteiger partial charge in [-0.15, -0.1) is 0 Å². The van der Waals surface area contributed by atoms with E-state index in [4.69, 9.17) is 0 Å². The zero-order valence-corrected chi connectivity index (χ0v) is 12.3. The van der Waals surface area contributed by atoms with Gasteiger partial charge >= 0.3 is 0 Å². The summed E-state index contributed by atoms with van der Waals surface area (Å²) in [6.07, 6.45) is 3.46. The average Bonchev–Trinajstić information content (AvgIpc) is 3.17. The molecule has 0 atom stereocenters. The molecule has 1 amide bonds. The SMILES string of the molecule is CCn1nccc1C(=O)Nc1ccn(Cc2ccccc2)n1. The minimum Gasteiger partial charge on any atom is -0.304 e. The lowest BCUT2D eigenvalue weighted by Crippen LogP contribution is -2.17. The number of aryl methyl sites for hydroxylation is 1. The largest absolute Gasteiger partial charge is 0.304 e. The third kappa shape index (κ3) is 3.06. The summed E-state index contributed by atoms with van der Waals surface area (Å²) in [6.45, 7) is 3.26. The fourth-order valence-corrected chi connectivity index (χ4v) is 2.24. The van der Waals surface area contributed by atoms with Gasteiger partial charge in [-0.1, -0.05) is 30.3 Å². The molecule has 112 valence electrons. The van der Waals surface area contributed by atoms with Crippen molar-refractivity contribution < 1.29 is 4.79 Å². The summed E-state index contributed by atoms with van der Waals surface area (Å²) in [6, 6.07) is 13.5. The molecular formula is C16H17N5O. The zero-order valence-electron chi connectivity index (χ0n) is 12.3. The van der Waals surface area contributed by atoms with E-state index in [1.165, 1.54) is 0 Å².